The molecule has 0 amide bonds. The molecular weight excluding hydrogens is 959 g/mol. The maximum Gasteiger partial charge on any atom is 0.156 e. The predicted molar refractivity (Wildman–Crippen MR) is 259 cm³/mol. The van der Waals surface area contributed by atoms with Crippen LogP contribution in [0.5, 0.6) is 11.5 Å². The van der Waals surface area contributed by atoms with E-state index in [0.717, 1.165) is 87.4 Å². The van der Waals surface area contributed by atoms with Gasteiger partial charge in [0.1, 0.15) is 28.4 Å². The molecule has 7 heteroatoms. The van der Waals surface area contributed by atoms with Crippen molar-refractivity contribution in [3.8, 4) is 22.8 Å². The van der Waals surface area contributed by atoms with Crippen molar-refractivity contribution in [3.63, 3.8) is 0 Å². The van der Waals surface area contributed by atoms with Gasteiger partial charge in [0.2, 0.25) is 0 Å². The van der Waals surface area contributed by atoms with E-state index in [1.165, 1.54) is 88.0 Å². The number of ketones is 1. The number of fused-ring (bicyclic) bond motifs is 4. The minimum atomic E-state index is -0.155. The first-order valence-corrected chi connectivity index (χ1v) is 22.7. The zero-order valence-corrected chi connectivity index (χ0v) is 40.6. The number of unbranched alkanes of at least 4 members (excludes halogenated alkanes) is 10. The van der Waals surface area contributed by atoms with E-state index in [1.54, 1.807) is 12.1 Å². The smallest absolute Gasteiger partial charge is 0.156 e. The average Bonchev–Trinajstić information content (AvgIpc) is 3.61. The Balaban J connectivity index is 0.000000239. The van der Waals surface area contributed by atoms with Crippen LogP contribution < -0.4 is 9.47 Å². The fraction of sp³-hybridized carbons (Fsp3) is 0.357. The molecule has 1 radical (unpaired) electrons. The van der Waals surface area contributed by atoms with Crippen molar-refractivity contribution in [2.24, 2.45) is 0 Å². The van der Waals surface area contributed by atoms with Crippen molar-refractivity contribution in [1.82, 2.24) is 4.98 Å². The summed E-state index contributed by atoms with van der Waals surface area (Å²) in [6.45, 7) is 13.6. The van der Waals surface area contributed by atoms with Gasteiger partial charge < -0.3 is 24.0 Å². The summed E-state index contributed by atoms with van der Waals surface area (Å²) in [6, 6.07) is 37.3. The number of furan rings is 1. The molecule has 2 heterocycles. The van der Waals surface area contributed by atoms with Gasteiger partial charge in [0.15, 0.2) is 5.78 Å². The molecule has 0 unspecified atom stereocenters. The first kappa shape index (κ1) is 50.4. The summed E-state index contributed by atoms with van der Waals surface area (Å²) in [7, 11) is 0. The van der Waals surface area contributed by atoms with Crippen molar-refractivity contribution in [1.29, 1.82) is 0 Å². The summed E-state index contributed by atoms with van der Waals surface area (Å²) in [5, 5.41) is 14.0. The van der Waals surface area contributed by atoms with E-state index >= 15 is 0 Å². The van der Waals surface area contributed by atoms with Gasteiger partial charge in [-0.2, -0.15) is 0 Å². The van der Waals surface area contributed by atoms with Crippen molar-refractivity contribution < 1.29 is 43.9 Å². The van der Waals surface area contributed by atoms with Gasteiger partial charge in [0, 0.05) is 48.7 Å². The molecule has 0 aliphatic carbocycles. The molecule has 0 bridgehead atoms. The maximum absolute atomic E-state index is 10.7. The van der Waals surface area contributed by atoms with E-state index in [1.807, 2.05) is 67.7 Å². The normalized spacial score (nSPS) is 11.0. The molecule has 335 valence electrons. The molecule has 6 nitrogen and oxygen atoms in total. The second kappa shape index (κ2) is 27.1. The Hall–Kier alpha value is -5.23. The zero-order valence-electron chi connectivity index (χ0n) is 38.2. The van der Waals surface area contributed by atoms with E-state index in [-0.39, 0.29) is 31.6 Å². The minimum absolute atomic E-state index is 0. The molecule has 7 rings (SSSR count). The van der Waals surface area contributed by atoms with Crippen molar-refractivity contribution in [2.45, 2.75) is 119 Å². The van der Waals surface area contributed by atoms with Crippen LogP contribution in [0.4, 0.5) is 0 Å². The Morgan fingerprint density at radius 2 is 1.21 bits per heavy atom. The van der Waals surface area contributed by atoms with Gasteiger partial charge in [0.05, 0.1) is 13.2 Å². The quantitative estimate of drug-likeness (QED) is 0.0376. The summed E-state index contributed by atoms with van der Waals surface area (Å²) in [5.41, 5.74) is 7.93. The summed E-state index contributed by atoms with van der Waals surface area (Å²) >= 11 is 0. The third-order valence-corrected chi connectivity index (χ3v) is 10.9. The molecule has 7 aromatic rings. The molecular formula is C56H66IrNO5-. The number of aliphatic hydroxyl groups is 1. The molecule has 0 aliphatic heterocycles. The van der Waals surface area contributed by atoms with E-state index in [0.29, 0.717) is 5.56 Å². The number of nitrogens with zero attached hydrogens (tertiary/aromatic N) is 1. The Kier molecular flexibility index (Phi) is 21.7. The van der Waals surface area contributed by atoms with Crippen LogP contribution in [-0.2, 0) is 24.9 Å². The number of rotatable bonds is 19. The number of ether oxygens (including phenoxy) is 2. The van der Waals surface area contributed by atoms with Crippen LogP contribution in [0.15, 0.2) is 120 Å². The number of allylic oxidation sites excluding steroid dienone is 1. The van der Waals surface area contributed by atoms with Crippen LogP contribution in [0, 0.1) is 26.8 Å². The van der Waals surface area contributed by atoms with Crippen LogP contribution in [0.25, 0.3) is 49.7 Å². The van der Waals surface area contributed by atoms with Gasteiger partial charge in [-0.25, -0.2) is 0 Å². The zero-order chi connectivity index (χ0) is 44.1. The number of carbonyl (C=O) groups excluding carboxylic acids is 1. The number of aryl methyl sites for hydroxylation is 3. The number of hydrogen-bond acceptors (Lipinski definition) is 6. The van der Waals surface area contributed by atoms with Crippen LogP contribution in [-0.4, -0.2) is 29.1 Å². The third-order valence-electron chi connectivity index (χ3n) is 10.9. The van der Waals surface area contributed by atoms with Gasteiger partial charge >= 0.3 is 0 Å². The Labute approximate surface area is 389 Å². The van der Waals surface area contributed by atoms with Crippen molar-refractivity contribution >= 4 is 44.3 Å². The molecule has 5 aromatic carbocycles. The minimum Gasteiger partial charge on any atom is -0.507 e. The first-order chi connectivity index (χ1) is 30.2. The van der Waals surface area contributed by atoms with Crippen LogP contribution in [0.2, 0.25) is 0 Å². The van der Waals surface area contributed by atoms with E-state index in [2.05, 4.69) is 75.1 Å². The fourth-order valence-corrected chi connectivity index (χ4v) is 7.35. The summed E-state index contributed by atoms with van der Waals surface area (Å²) in [5.74, 6) is 1.80. The van der Waals surface area contributed by atoms with Gasteiger partial charge in [-0.1, -0.05) is 132 Å². The molecule has 2 aromatic heterocycles. The molecule has 0 spiro atoms. The van der Waals surface area contributed by atoms with Gasteiger partial charge in [-0.05, 0) is 98.5 Å². The Bertz CT molecular complexity index is 2390. The monoisotopic (exact) mass is 1030 g/mol. The summed E-state index contributed by atoms with van der Waals surface area (Å²) in [4.78, 5) is 15.1. The second-order valence-corrected chi connectivity index (χ2v) is 16.2. The molecule has 0 aliphatic rings. The largest absolute Gasteiger partial charge is 0.507 e. The molecule has 0 fully saturated rings. The van der Waals surface area contributed by atoms with Crippen LogP contribution in [0.1, 0.15) is 120 Å². The molecule has 0 atom stereocenters. The number of hydrogen-bond donors (Lipinski definition) is 1. The van der Waals surface area contributed by atoms with E-state index < -0.39 is 0 Å². The maximum atomic E-state index is 10.7. The number of pyridine rings is 1. The average molecular weight is 1030 g/mol. The second-order valence-electron chi connectivity index (χ2n) is 16.2. The third kappa shape index (κ3) is 15.8. The van der Waals surface area contributed by atoms with Gasteiger partial charge in [0.25, 0.3) is 0 Å². The SMILES string of the molecule is CC(=O)C=C(O)c1ccc(C)cc1.CCCCCCCCOc1cc2c(cc1C)oc1cc(C)c(OCCCCCCCC)cc12.[Ir].[c-]1ccccc1-c1nccc2ccccc12. The summed E-state index contributed by atoms with van der Waals surface area (Å²) < 4.78 is 18.5. The number of carbonyl (C=O) groups is 1. The van der Waals surface area contributed by atoms with Crippen LogP contribution in [0.3, 0.4) is 0 Å². The van der Waals surface area contributed by atoms with Crippen molar-refractivity contribution in [2.75, 3.05) is 13.2 Å². The Morgan fingerprint density at radius 3 is 1.75 bits per heavy atom. The van der Waals surface area contributed by atoms with E-state index in [4.69, 9.17) is 13.9 Å². The van der Waals surface area contributed by atoms with Crippen LogP contribution >= 0.6 is 0 Å². The number of aromatic nitrogens is 1. The Morgan fingerprint density at radius 1 is 0.667 bits per heavy atom. The topological polar surface area (TPSA) is 81.8 Å². The molecule has 0 saturated carbocycles. The standard InChI is InChI=1S/C30H44O3.C15H10N.C11H12O2.Ir/c1-5-7-9-11-13-15-17-31-27-21-25-26-22-28(32-18-16-14-12-10-8-6-2)24(4)20-30(26)33-29(25)19-23(27)3;1-2-7-13(8-3-1)15-14-9-5-4-6-12(14)10-11-16-15;1-8-3-5-10(6-4-8)11(13)7-9(2)12;/h19-22H,5-18H2,1-4H3;1-7,9-11H;3-7,13H,1-2H3;/q;-1;;. The van der Waals surface area contributed by atoms with E-state index in [9.17, 15) is 9.90 Å². The summed E-state index contributed by atoms with van der Waals surface area (Å²) in [6.07, 6.45) is 18.3. The fourth-order valence-electron chi connectivity index (χ4n) is 7.35. The van der Waals surface area contributed by atoms with Gasteiger partial charge in [-0.3, -0.25) is 4.79 Å². The number of aliphatic hydroxyl groups excluding tert-OH is 1. The first-order valence-electron chi connectivity index (χ1n) is 22.7. The molecule has 1 N–H and O–H groups in total. The molecule has 0 saturated heterocycles. The van der Waals surface area contributed by atoms with Crippen molar-refractivity contribution in [3.05, 3.63) is 144 Å². The number of benzene rings is 5. The predicted octanol–water partition coefficient (Wildman–Crippen LogP) is 15.9. The van der Waals surface area contributed by atoms with Gasteiger partial charge in [-0.15, -0.1) is 35.9 Å². The molecule has 63 heavy (non-hydrogen) atoms.